The number of nitrogens with one attached hydrogen (secondary N) is 5. The molecule has 3 heterocycles. The molecule has 11 N–H and O–H groups in total. The standard InChI is InChI=1S/C32H43N5O4.C29H37N5O4/c1-4-22-21(18-36-32(39)25(33)15-20-11-8-7-9-12-20)13-10-14-26(22)37-30-23-16-28(40-5-2)29(41-6-3)17-27(23)35-19-24(30)31(34)38;1-4-19-18(16-33-29(36)23-11-7-8-13-31-23)10-9-12-22(19)34-27-20-14-25(37-5-2)26(38-6-3)15-24(20)32-17-21(27)28(30)35/h10,13-14,16-17,19-20,25H,4-9,11-12,15,18,33H2,1-3H3,(H2,34,38)(H,35,37)(H,36,39);9-10,12,14-15,17,23,31H,4-8,11,13,16H2,1-3H3,(H2,30,35)(H,32,34)(H,33,36)/t25-;23-/m10/s1. The number of anilines is 4. The highest BCUT2D eigenvalue weighted by Gasteiger charge is 2.25. The zero-order valence-electron chi connectivity index (χ0n) is 46.8. The summed E-state index contributed by atoms with van der Waals surface area (Å²) in [6, 6.07) is 18.4. The maximum absolute atomic E-state index is 12.9. The molecule has 0 unspecified atom stereocenters. The van der Waals surface area contributed by atoms with Crippen LogP contribution in [0.25, 0.3) is 21.8 Å². The van der Waals surface area contributed by atoms with Gasteiger partial charge in [0.25, 0.3) is 11.8 Å². The van der Waals surface area contributed by atoms with E-state index in [4.69, 9.17) is 36.1 Å². The molecule has 18 nitrogen and oxygen atoms in total. The summed E-state index contributed by atoms with van der Waals surface area (Å²) in [6.45, 7) is 15.3. The van der Waals surface area contributed by atoms with E-state index in [1.807, 2.05) is 88.4 Å². The Bertz CT molecular complexity index is 3080. The molecule has 4 amide bonds. The maximum atomic E-state index is 12.9. The van der Waals surface area contributed by atoms with Gasteiger partial charge >= 0.3 is 0 Å². The Balaban J connectivity index is 0.000000229. The highest BCUT2D eigenvalue weighted by atomic mass is 16.5. The van der Waals surface area contributed by atoms with E-state index in [0.29, 0.717) is 108 Å². The van der Waals surface area contributed by atoms with Crippen LogP contribution in [0.1, 0.15) is 142 Å². The van der Waals surface area contributed by atoms with Gasteiger partial charge in [0.1, 0.15) is 0 Å². The third-order valence-electron chi connectivity index (χ3n) is 14.6. The van der Waals surface area contributed by atoms with E-state index in [1.54, 1.807) is 0 Å². The van der Waals surface area contributed by atoms with E-state index in [1.165, 1.54) is 31.7 Å². The summed E-state index contributed by atoms with van der Waals surface area (Å²) >= 11 is 0. The third-order valence-corrected chi connectivity index (χ3v) is 14.6. The number of hydrogen-bond donors (Lipinski definition) is 8. The highest BCUT2D eigenvalue weighted by Crippen LogP contribution is 2.40. The number of carbonyl (C=O) groups excluding carboxylic acids is 4. The van der Waals surface area contributed by atoms with Crippen LogP contribution in [-0.4, -0.2) is 78.7 Å². The number of carbonyl (C=O) groups is 4. The van der Waals surface area contributed by atoms with Gasteiger partial charge in [0, 0.05) is 59.8 Å². The van der Waals surface area contributed by atoms with Gasteiger partial charge in [-0.3, -0.25) is 29.1 Å². The molecule has 1 saturated heterocycles. The molecule has 422 valence electrons. The Morgan fingerprint density at radius 2 is 1.06 bits per heavy atom. The average Bonchev–Trinajstić information content (AvgIpc) is 3.59. The van der Waals surface area contributed by atoms with E-state index < -0.39 is 17.9 Å². The van der Waals surface area contributed by atoms with E-state index in [9.17, 15) is 19.2 Å². The smallest absolute Gasteiger partial charge is 0.252 e. The van der Waals surface area contributed by atoms with E-state index in [2.05, 4.69) is 50.4 Å². The van der Waals surface area contributed by atoms with E-state index >= 15 is 0 Å². The number of ether oxygens (including phenoxy) is 4. The lowest BCUT2D eigenvalue weighted by Crippen LogP contribution is -2.46. The quantitative estimate of drug-likeness (QED) is 0.0281. The van der Waals surface area contributed by atoms with Gasteiger partial charge in [-0.15, -0.1) is 0 Å². The largest absolute Gasteiger partial charge is 0.490 e. The zero-order chi connectivity index (χ0) is 56.4. The minimum atomic E-state index is -0.595. The van der Waals surface area contributed by atoms with Crippen molar-refractivity contribution < 1.29 is 38.1 Å². The number of nitrogens with two attached hydrogens (primary N) is 3. The SMILES string of the molecule is CCOc1cc2ncc(C(N)=O)c(Nc3cccc(CNC(=O)[C@@H]4CCCCN4)c3CC)c2cc1OCC.CCOc1cc2ncc(C(N)=O)c(Nc3cccc(CNC(=O)[C@H](N)CC4CCCCC4)c3CC)c2cc1OCC. The predicted octanol–water partition coefficient (Wildman–Crippen LogP) is 9.55. The van der Waals surface area contributed by atoms with Gasteiger partial charge < -0.3 is 62.7 Å². The summed E-state index contributed by atoms with van der Waals surface area (Å²) in [5.74, 6) is 1.55. The number of hydrogen-bond acceptors (Lipinski definition) is 14. The third kappa shape index (κ3) is 14.9. The van der Waals surface area contributed by atoms with Crippen molar-refractivity contribution in [1.82, 2.24) is 25.9 Å². The summed E-state index contributed by atoms with van der Waals surface area (Å²) in [7, 11) is 0. The zero-order valence-corrected chi connectivity index (χ0v) is 46.8. The fraction of sp³-hybridized carbons (Fsp3) is 0.443. The van der Waals surface area contributed by atoms with Crippen LogP contribution < -0.4 is 62.7 Å². The van der Waals surface area contributed by atoms with Gasteiger partial charge in [0.15, 0.2) is 23.0 Å². The van der Waals surface area contributed by atoms with Crippen LogP contribution in [0, 0.1) is 5.92 Å². The lowest BCUT2D eigenvalue weighted by Gasteiger charge is -2.24. The van der Waals surface area contributed by atoms with Gasteiger partial charge in [0.05, 0.1) is 72.0 Å². The summed E-state index contributed by atoms with van der Waals surface area (Å²) < 4.78 is 23.2. The number of primary amides is 2. The number of rotatable bonds is 24. The molecule has 2 aliphatic rings. The van der Waals surface area contributed by atoms with Gasteiger partial charge in [-0.2, -0.15) is 0 Å². The molecule has 2 aromatic heterocycles. The molecule has 1 aliphatic heterocycles. The molecular formula is C61H80N10O8. The fourth-order valence-electron chi connectivity index (χ4n) is 10.6. The van der Waals surface area contributed by atoms with Crippen molar-refractivity contribution in [3.63, 3.8) is 0 Å². The molecule has 0 bridgehead atoms. The van der Waals surface area contributed by atoms with Crippen LogP contribution in [0.2, 0.25) is 0 Å². The first-order chi connectivity index (χ1) is 38.3. The Labute approximate surface area is 464 Å². The molecule has 1 saturated carbocycles. The molecular weight excluding hydrogens is 1000 g/mol. The van der Waals surface area contributed by atoms with Crippen molar-refractivity contribution in [1.29, 1.82) is 0 Å². The highest BCUT2D eigenvalue weighted by molar-refractivity contribution is 6.09. The lowest BCUT2D eigenvalue weighted by molar-refractivity contribution is -0.124. The first kappa shape index (κ1) is 59.0. The molecule has 1 aliphatic carbocycles. The minimum Gasteiger partial charge on any atom is -0.490 e. The molecule has 8 rings (SSSR count). The van der Waals surface area contributed by atoms with Crippen LogP contribution in [0.3, 0.4) is 0 Å². The van der Waals surface area contributed by atoms with Crippen molar-refractivity contribution in [2.24, 2.45) is 23.1 Å². The van der Waals surface area contributed by atoms with Gasteiger partial charge in [0.2, 0.25) is 11.8 Å². The van der Waals surface area contributed by atoms with Crippen molar-refractivity contribution >= 4 is 68.2 Å². The molecule has 2 fully saturated rings. The Morgan fingerprint density at radius 3 is 1.49 bits per heavy atom. The number of amides is 4. The summed E-state index contributed by atoms with van der Waals surface area (Å²) in [4.78, 5) is 59.4. The minimum absolute atomic E-state index is 0.0230. The van der Waals surface area contributed by atoms with Crippen molar-refractivity contribution in [2.45, 2.75) is 137 Å². The Kier molecular flexibility index (Phi) is 21.5. The van der Waals surface area contributed by atoms with E-state index in [0.717, 1.165) is 85.1 Å². The van der Waals surface area contributed by atoms with E-state index in [-0.39, 0.29) is 29.0 Å². The van der Waals surface area contributed by atoms with Crippen LogP contribution in [0.5, 0.6) is 23.0 Å². The average molecular weight is 1080 g/mol. The van der Waals surface area contributed by atoms with Gasteiger partial charge in [-0.1, -0.05) is 76.6 Å². The number of aromatic nitrogens is 2. The maximum Gasteiger partial charge on any atom is 0.252 e. The van der Waals surface area contributed by atoms with Crippen molar-refractivity contribution in [3.05, 3.63) is 106 Å². The number of nitrogens with zero attached hydrogens (tertiary/aromatic N) is 2. The number of benzene rings is 4. The van der Waals surface area contributed by atoms with Crippen LogP contribution in [0.15, 0.2) is 73.1 Å². The number of pyridine rings is 2. The van der Waals surface area contributed by atoms with Gasteiger partial charge in [-0.25, -0.2) is 0 Å². The lowest BCUT2D eigenvalue weighted by atomic mass is 9.85. The molecule has 79 heavy (non-hydrogen) atoms. The Morgan fingerprint density at radius 1 is 0.608 bits per heavy atom. The van der Waals surface area contributed by atoms with Gasteiger partial charge in [-0.05, 0) is 119 Å². The number of piperidine rings is 1. The summed E-state index contributed by atoms with van der Waals surface area (Å²) in [5, 5.41) is 17.7. The first-order valence-corrected chi connectivity index (χ1v) is 28.2. The van der Waals surface area contributed by atoms with Crippen LogP contribution in [0.4, 0.5) is 22.7 Å². The fourth-order valence-corrected chi connectivity index (χ4v) is 10.6. The topological polar surface area (TPSA) is 269 Å². The normalized spacial score (nSPS) is 14.8. The summed E-state index contributed by atoms with van der Waals surface area (Å²) in [6.07, 6.45) is 14.2. The molecule has 18 heteroatoms. The molecule has 0 spiro atoms. The number of fused-ring (bicyclic) bond motifs is 2. The van der Waals surface area contributed by atoms with Crippen molar-refractivity contribution in [3.8, 4) is 23.0 Å². The van der Waals surface area contributed by atoms with Crippen molar-refractivity contribution in [2.75, 3.05) is 43.6 Å². The molecule has 4 aromatic carbocycles. The first-order valence-electron chi connectivity index (χ1n) is 28.2. The molecule has 6 aromatic rings. The van der Waals surface area contributed by atoms with Crippen LogP contribution >= 0.6 is 0 Å². The second-order valence-corrected chi connectivity index (χ2v) is 19.8. The second kappa shape index (κ2) is 28.8. The molecule has 2 atom stereocenters. The second-order valence-electron chi connectivity index (χ2n) is 19.8. The summed E-state index contributed by atoms with van der Waals surface area (Å²) in [5.41, 5.74) is 26.4. The monoisotopic (exact) mass is 1080 g/mol. The molecule has 0 radical (unpaired) electrons. The Hall–Kier alpha value is -7.70. The predicted molar refractivity (Wildman–Crippen MR) is 312 cm³/mol. The van der Waals surface area contributed by atoms with Crippen LogP contribution in [-0.2, 0) is 35.5 Å².